The van der Waals surface area contributed by atoms with Crippen LogP contribution in [-0.4, -0.2) is 98.4 Å². The number of esters is 1. The Labute approximate surface area is 267 Å². The van der Waals surface area contributed by atoms with E-state index in [4.69, 9.17) is 28.4 Å². The van der Waals surface area contributed by atoms with E-state index in [2.05, 4.69) is 18.2 Å². The summed E-state index contributed by atoms with van der Waals surface area (Å²) in [6.07, 6.45) is 9.12. The fraction of sp³-hybridized carbons (Fsp3) is 0.771. The van der Waals surface area contributed by atoms with Crippen LogP contribution >= 0.6 is 0 Å². The molecule has 2 heterocycles. The largest absolute Gasteiger partial charge is 0.458 e. The molecule has 5 aliphatic rings. The minimum Gasteiger partial charge on any atom is -0.458 e. The summed E-state index contributed by atoms with van der Waals surface area (Å²) in [5.41, 5.74) is 0.636. The fourth-order valence-electron chi connectivity index (χ4n) is 8.40. The summed E-state index contributed by atoms with van der Waals surface area (Å²) < 4.78 is 35.9. The van der Waals surface area contributed by atoms with Gasteiger partial charge in [-0.25, -0.2) is 0 Å². The van der Waals surface area contributed by atoms with Gasteiger partial charge in [-0.3, -0.25) is 9.59 Å². The maximum atomic E-state index is 13.9. The average Bonchev–Trinajstić information content (AvgIpc) is 3.58. The second kappa shape index (κ2) is 14.9. The molecule has 10 heteroatoms. The number of hydrogen-bond donors (Lipinski definition) is 2. The Hall–Kier alpha value is -1.92. The van der Waals surface area contributed by atoms with Crippen LogP contribution in [0.25, 0.3) is 0 Å². The molecule has 0 aromatic rings. The molecule has 0 aromatic carbocycles. The first-order valence-corrected chi connectivity index (χ1v) is 16.6. The maximum Gasteiger partial charge on any atom is 0.307 e. The number of fused-ring (bicyclic) bond motifs is 5. The van der Waals surface area contributed by atoms with Gasteiger partial charge in [0.05, 0.1) is 30.8 Å². The van der Waals surface area contributed by atoms with Gasteiger partial charge in [-0.05, 0) is 81.3 Å². The summed E-state index contributed by atoms with van der Waals surface area (Å²) in [5.74, 6) is -0.777. The molecule has 0 radical (unpaired) electrons. The van der Waals surface area contributed by atoms with Crippen molar-refractivity contribution in [1.82, 2.24) is 0 Å². The number of Topliss-reactive ketones (excluding diaryl/α,β-unsaturated/α-hetero) is 1. The predicted octanol–water partition coefficient (Wildman–Crippen LogP) is 3.53. The van der Waals surface area contributed by atoms with E-state index in [1.165, 1.54) is 0 Å². The van der Waals surface area contributed by atoms with Crippen molar-refractivity contribution in [2.75, 3.05) is 21.3 Å². The normalized spacial score (nSPS) is 44.8. The van der Waals surface area contributed by atoms with Gasteiger partial charge in [0.25, 0.3) is 0 Å². The highest BCUT2D eigenvalue weighted by Crippen LogP contribution is 2.54. The van der Waals surface area contributed by atoms with Crippen molar-refractivity contribution in [1.29, 1.82) is 0 Å². The third-order valence-electron chi connectivity index (χ3n) is 10.8. The van der Waals surface area contributed by atoms with Crippen molar-refractivity contribution in [2.24, 2.45) is 35.5 Å². The van der Waals surface area contributed by atoms with Crippen LogP contribution in [0.1, 0.15) is 59.3 Å². The van der Waals surface area contributed by atoms with Gasteiger partial charge in [0.1, 0.15) is 24.4 Å². The molecule has 45 heavy (non-hydrogen) atoms. The number of rotatable bonds is 7. The molecule has 2 aliphatic heterocycles. The lowest BCUT2D eigenvalue weighted by molar-refractivity contribution is -0.314. The Balaban J connectivity index is 1.34. The van der Waals surface area contributed by atoms with Crippen molar-refractivity contribution in [2.45, 2.75) is 114 Å². The summed E-state index contributed by atoms with van der Waals surface area (Å²) in [5, 5.41) is 20.7. The van der Waals surface area contributed by atoms with Crippen LogP contribution in [0.15, 0.2) is 36.0 Å². The summed E-state index contributed by atoms with van der Waals surface area (Å²) in [4.78, 5) is 27.2. The summed E-state index contributed by atoms with van der Waals surface area (Å²) >= 11 is 0. The minimum absolute atomic E-state index is 0.0201. The van der Waals surface area contributed by atoms with Gasteiger partial charge < -0.3 is 38.6 Å². The molecule has 0 spiro atoms. The highest BCUT2D eigenvalue weighted by molar-refractivity contribution is 5.99. The molecule has 1 saturated carbocycles. The van der Waals surface area contributed by atoms with Gasteiger partial charge in [0.2, 0.25) is 0 Å². The molecule has 0 amide bonds. The van der Waals surface area contributed by atoms with Crippen molar-refractivity contribution in [3.05, 3.63) is 36.0 Å². The SMILES string of the molecule is COC1C(C)OC(OC2CC3C=CC4C5CC(=O)OC(C=CC(C)O)CCCC(O)C(C)C(=O)C5=CC4C3C2)C(OC)C1OC. The van der Waals surface area contributed by atoms with E-state index in [1.54, 1.807) is 47.3 Å². The standard InChI is InChI=1S/C35H52O10/c1-18(36)10-12-22-8-7-9-29(37)19(2)31(39)28-16-26-24(27(28)17-30(38)44-22)13-11-21-14-23(15-25(21)26)45-35-34(42-6)33(41-5)32(40-4)20(3)43-35/h10-13,16,18-27,29,32-37H,7-9,14-15,17H2,1-6H3. The zero-order chi connectivity index (χ0) is 32.4. The lowest BCUT2D eigenvalue weighted by atomic mass is 9.70. The number of ether oxygens (including phenoxy) is 6. The number of carbonyl (C=O) groups excluding carboxylic acids is 2. The zero-order valence-corrected chi connectivity index (χ0v) is 27.5. The number of methoxy groups -OCH3 is 3. The van der Waals surface area contributed by atoms with E-state index < -0.39 is 36.6 Å². The first-order chi connectivity index (χ1) is 21.6. The molecule has 3 aliphatic carbocycles. The Morgan fingerprint density at radius 3 is 2.40 bits per heavy atom. The van der Waals surface area contributed by atoms with Gasteiger partial charge in [-0.15, -0.1) is 0 Å². The van der Waals surface area contributed by atoms with Crippen LogP contribution in [0.2, 0.25) is 0 Å². The van der Waals surface area contributed by atoms with Crippen LogP contribution in [0.4, 0.5) is 0 Å². The van der Waals surface area contributed by atoms with E-state index in [0.717, 1.165) is 12.8 Å². The zero-order valence-electron chi connectivity index (χ0n) is 27.5. The monoisotopic (exact) mass is 632 g/mol. The molecular formula is C35H52O10. The average molecular weight is 633 g/mol. The van der Waals surface area contributed by atoms with Crippen molar-refractivity contribution >= 4 is 11.8 Å². The molecule has 10 nitrogen and oxygen atoms in total. The fourth-order valence-corrected chi connectivity index (χ4v) is 8.40. The van der Waals surface area contributed by atoms with Gasteiger partial charge in [0, 0.05) is 33.2 Å². The number of hydrogen-bond acceptors (Lipinski definition) is 10. The number of aliphatic hydroxyl groups is 2. The highest BCUT2D eigenvalue weighted by atomic mass is 16.7. The third kappa shape index (κ3) is 7.32. The third-order valence-corrected chi connectivity index (χ3v) is 10.8. The van der Waals surface area contributed by atoms with Crippen molar-refractivity contribution < 1.29 is 48.2 Å². The van der Waals surface area contributed by atoms with E-state index in [-0.39, 0.29) is 72.2 Å². The van der Waals surface area contributed by atoms with Crippen LogP contribution in [-0.2, 0) is 38.0 Å². The summed E-state index contributed by atoms with van der Waals surface area (Å²) in [7, 11) is 4.90. The van der Waals surface area contributed by atoms with E-state index >= 15 is 0 Å². The molecule has 0 bridgehead atoms. The molecule has 15 unspecified atom stereocenters. The van der Waals surface area contributed by atoms with E-state index in [1.807, 2.05) is 6.92 Å². The van der Waals surface area contributed by atoms with Crippen LogP contribution in [0.3, 0.4) is 0 Å². The van der Waals surface area contributed by atoms with Gasteiger partial charge in [-0.1, -0.05) is 31.2 Å². The minimum atomic E-state index is -0.786. The van der Waals surface area contributed by atoms with Crippen molar-refractivity contribution in [3.63, 3.8) is 0 Å². The molecule has 3 fully saturated rings. The summed E-state index contributed by atoms with van der Waals surface area (Å²) in [6, 6.07) is 0. The predicted molar refractivity (Wildman–Crippen MR) is 165 cm³/mol. The quantitative estimate of drug-likeness (QED) is 0.318. The summed E-state index contributed by atoms with van der Waals surface area (Å²) in [6.45, 7) is 5.38. The molecule has 5 rings (SSSR count). The topological polar surface area (TPSA) is 130 Å². The molecule has 15 atom stereocenters. The second-order valence-electron chi connectivity index (χ2n) is 13.6. The second-order valence-corrected chi connectivity index (χ2v) is 13.6. The number of allylic oxidation sites excluding steroid dienone is 4. The first kappa shape index (κ1) is 34.4. The maximum absolute atomic E-state index is 13.9. The Morgan fingerprint density at radius 1 is 0.978 bits per heavy atom. The lowest BCUT2D eigenvalue weighted by Crippen LogP contribution is -2.59. The number of carbonyl (C=O) groups is 2. The number of ketones is 1. The van der Waals surface area contributed by atoms with Gasteiger partial charge >= 0.3 is 5.97 Å². The first-order valence-electron chi connectivity index (χ1n) is 16.6. The molecule has 2 N–H and O–H groups in total. The highest BCUT2D eigenvalue weighted by Gasteiger charge is 2.52. The van der Waals surface area contributed by atoms with Crippen LogP contribution in [0.5, 0.6) is 0 Å². The molecular weight excluding hydrogens is 580 g/mol. The lowest BCUT2D eigenvalue weighted by Gasteiger charge is -2.44. The van der Waals surface area contributed by atoms with Crippen molar-refractivity contribution in [3.8, 4) is 0 Å². The molecule has 252 valence electrons. The number of aliphatic hydroxyl groups excluding tert-OH is 2. The molecule has 0 aromatic heterocycles. The van der Waals surface area contributed by atoms with E-state index in [0.29, 0.717) is 24.8 Å². The van der Waals surface area contributed by atoms with Crippen LogP contribution in [0, 0.1) is 35.5 Å². The Kier molecular flexibility index (Phi) is 11.4. The number of cyclic esters (lactones) is 1. The van der Waals surface area contributed by atoms with E-state index in [9.17, 15) is 19.8 Å². The molecule has 2 saturated heterocycles. The Bertz CT molecular complexity index is 1130. The van der Waals surface area contributed by atoms with Crippen LogP contribution < -0.4 is 0 Å². The smallest absolute Gasteiger partial charge is 0.307 e. The van der Waals surface area contributed by atoms with Gasteiger partial charge in [-0.2, -0.15) is 0 Å². The van der Waals surface area contributed by atoms with Gasteiger partial charge in [0.15, 0.2) is 12.1 Å². The Morgan fingerprint density at radius 2 is 1.71 bits per heavy atom.